The maximum Gasteiger partial charge on any atom is 0.229 e. The Kier molecular flexibility index (Phi) is 3.39. The van der Waals surface area contributed by atoms with Gasteiger partial charge in [0.1, 0.15) is 0 Å². The SMILES string of the molecule is O=C1CCCC(=O)N1Cc1cccc(Br)c1. The standard InChI is InChI=1S/C12H12BrNO2/c13-10-4-1-3-9(7-10)8-14-11(15)5-2-6-12(14)16/h1,3-4,7H,2,5-6,8H2. The number of carbonyl (C=O) groups excluding carboxylic acids is 2. The van der Waals surface area contributed by atoms with Crippen molar-refractivity contribution in [1.82, 2.24) is 4.90 Å². The Morgan fingerprint density at radius 3 is 2.50 bits per heavy atom. The zero-order chi connectivity index (χ0) is 11.5. The molecule has 1 aromatic carbocycles. The van der Waals surface area contributed by atoms with E-state index in [9.17, 15) is 9.59 Å². The number of piperidine rings is 1. The Morgan fingerprint density at radius 2 is 1.88 bits per heavy atom. The molecule has 16 heavy (non-hydrogen) atoms. The molecule has 1 saturated heterocycles. The van der Waals surface area contributed by atoms with Crippen molar-refractivity contribution >= 4 is 27.7 Å². The number of imide groups is 1. The van der Waals surface area contributed by atoms with E-state index in [1.165, 1.54) is 4.90 Å². The first-order valence-electron chi connectivity index (χ1n) is 5.24. The molecule has 0 bridgehead atoms. The topological polar surface area (TPSA) is 37.4 Å². The predicted octanol–water partition coefficient (Wildman–Crippen LogP) is 2.49. The summed E-state index contributed by atoms with van der Waals surface area (Å²) in [5.74, 6) is -0.118. The largest absolute Gasteiger partial charge is 0.278 e. The normalized spacial score (nSPS) is 16.7. The van der Waals surface area contributed by atoms with Crippen LogP contribution in [0.2, 0.25) is 0 Å². The summed E-state index contributed by atoms with van der Waals surface area (Å²) in [5, 5.41) is 0. The van der Waals surface area contributed by atoms with Crippen LogP contribution in [0.25, 0.3) is 0 Å². The summed E-state index contributed by atoms with van der Waals surface area (Å²) < 4.78 is 0.960. The van der Waals surface area contributed by atoms with Crippen LogP contribution in [-0.4, -0.2) is 16.7 Å². The van der Waals surface area contributed by atoms with Gasteiger partial charge in [0.25, 0.3) is 0 Å². The number of hydrogen-bond donors (Lipinski definition) is 0. The first-order chi connectivity index (χ1) is 7.66. The molecule has 0 saturated carbocycles. The zero-order valence-corrected chi connectivity index (χ0v) is 10.4. The molecule has 2 rings (SSSR count). The molecule has 0 aromatic heterocycles. The van der Waals surface area contributed by atoms with E-state index >= 15 is 0 Å². The smallest absolute Gasteiger partial charge is 0.229 e. The van der Waals surface area contributed by atoms with Crippen molar-refractivity contribution in [3.63, 3.8) is 0 Å². The molecule has 1 heterocycles. The lowest BCUT2D eigenvalue weighted by atomic mass is 10.1. The molecule has 0 aliphatic carbocycles. The van der Waals surface area contributed by atoms with Gasteiger partial charge in [-0.05, 0) is 24.1 Å². The van der Waals surface area contributed by atoms with E-state index in [1.807, 2.05) is 24.3 Å². The molecular formula is C12H12BrNO2. The van der Waals surface area contributed by atoms with E-state index in [4.69, 9.17) is 0 Å². The second-order valence-corrected chi connectivity index (χ2v) is 4.77. The van der Waals surface area contributed by atoms with Gasteiger partial charge < -0.3 is 0 Å². The molecular weight excluding hydrogens is 270 g/mol. The molecule has 1 aromatic rings. The van der Waals surface area contributed by atoms with E-state index < -0.39 is 0 Å². The highest BCUT2D eigenvalue weighted by Crippen LogP contribution is 2.18. The highest BCUT2D eigenvalue weighted by Gasteiger charge is 2.25. The Labute approximate surface area is 103 Å². The average Bonchev–Trinajstić information content (AvgIpc) is 2.24. The molecule has 4 heteroatoms. The molecule has 3 nitrogen and oxygen atoms in total. The van der Waals surface area contributed by atoms with E-state index in [2.05, 4.69) is 15.9 Å². The van der Waals surface area contributed by atoms with Crippen LogP contribution in [0.3, 0.4) is 0 Å². The van der Waals surface area contributed by atoms with Crippen LogP contribution in [0.5, 0.6) is 0 Å². The minimum atomic E-state index is -0.0591. The Hall–Kier alpha value is -1.16. The van der Waals surface area contributed by atoms with Crippen LogP contribution < -0.4 is 0 Å². The van der Waals surface area contributed by atoms with Gasteiger partial charge in [-0.1, -0.05) is 28.1 Å². The molecule has 84 valence electrons. The van der Waals surface area contributed by atoms with Gasteiger partial charge in [-0.25, -0.2) is 0 Å². The zero-order valence-electron chi connectivity index (χ0n) is 8.78. The minimum absolute atomic E-state index is 0.0591. The van der Waals surface area contributed by atoms with Crippen molar-refractivity contribution in [1.29, 1.82) is 0 Å². The van der Waals surface area contributed by atoms with Crippen molar-refractivity contribution in [2.75, 3.05) is 0 Å². The summed E-state index contributed by atoms with van der Waals surface area (Å²) in [5.41, 5.74) is 0.970. The predicted molar refractivity (Wildman–Crippen MR) is 63.6 cm³/mol. The molecule has 1 aliphatic rings. The monoisotopic (exact) mass is 281 g/mol. The van der Waals surface area contributed by atoms with Gasteiger partial charge in [-0.15, -0.1) is 0 Å². The third-order valence-corrected chi connectivity index (χ3v) is 3.11. The molecule has 0 unspecified atom stereocenters. The van der Waals surface area contributed by atoms with Crippen molar-refractivity contribution in [3.05, 3.63) is 34.3 Å². The first-order valence-corrected chi connectivity index (χ1v) is 6.04. The second kappa shape index (κ2) is 4.78. The van der Waals surface area contributed by atoms with Crippen molar-refractivity contribution in [3.8, 4) is 0 Å². The number of likely N-dealkylation sites (tertiary alicyclic amines) is 1. The molecule has 0 radical (unpaired) electrons. The molecule has 1 aliphatic heterocycles. The molecule has 0 spiro atoms. The maximum atomic E-state index is 11.6. The van der Waals surface area contributed by atoms with Gasteiger partial charge in [-0.3, -0.25) is 14.5 Å². The summed E-state index contributed by atoms with van der Waals surface area (Å²) in [4.78, 5) is 24.5. The Morgan fingerprint density at radius 1 is 1.19 bits per heavy atom. The van der Waals surface area contributed by atoms with E-state index in [1.54, 1.807) is 0 Å². The van der Waals surface area contributed by atoms with Gasteiger partial charge in [0.15, 0.2) is 0 Å². The quantitative estimate of drug-likeness (QED) is 0.781. The van der Waals surface area contributed by atoms with E-state index in [0.29, 0.717) is 25.8 Å². The number of rotatable bonds is 2. The molecule has 0 atom stereocenters. The summed E-state index contributed by atoms with van der Waals surface area (Å²) in [6.07, 6.45) is 1.66. The van der Waals surface area contributed by atoms with Gasteiger partial charge in [0.05, 0.1) is 6.54 Å². The third kappa shape index (κ3) is 2.50. The lowest BCUT2D eigenvalue weighted by molar-refractivity contribution is -0.148. The summed E-state index contributed by atoms with van der Waals surface area (Å²) >= 11 is 3.37. The third-order valence-electron chi connectivity index (χ3n) is 2.61. The average molecular weight is 282 g/mol. The maximum absolute atomic E-state index is 11.6. The van der Waals surface area contributed by atoms with Crippen LogP contribution in [0.1, 0.15) is 24.8 Å². The number of nitrogens with zero attached hydrogens (tertiary/aromatic N) is 1. The lowest BCUT2D eigenvalue weighted by Gasteiger charge is -2.24. The highest BCUT2D eigenvalue weighted by atomic mass is 79.9. The van der Waals surface area contributed by atoms with Crippen molar-refractivity contribution in [2.24, 2.45) is 0 Å². The number of carbonyl (C=O) groups is 2. The Balaban J connectivity index is 2.13. The first kappa shape index (κ1) is 11.3. The summed E-state index contributed by atoms with van der Waals surface area (Å²) in [6.45, 7) is 0.386. The number of hydrogen-bond acceptors (Lipinski definition) is 2. The highest BCUT2D eigenvalue weighted by molar-refractivity contribution is 9.10. The van der Waals surface area contributed by atoms with Crippen LogP contribution in [-0.2, 0) is 16.1 Å². The molecule has 1 fully saturated rings. The van der Waals surface area contributed by atoms with Crippen LogP contribution in [0, 0.1) is 0 Å². The fraction of sp³-hybridized carbons (Fsp3) is 0.333. The van der Waals surface area contributed by atoms with E-state index in [0.717, 1.165) is 10.0 Å². The van der Waals surface area contributed by atoms with E-state index in [-0.39, 0.29) is 11.8 Å². The van der Waals surface area contributed by atoms with Crippen LogP contribution in [0.4, 0.5) is 0 Å². The van der Waals surface area contributed by atoms with Gasteiger partial charge in [0, 0.05) is 17.3 Å². The summed E-state index contributed by atoms with van der Waals surface area (Å²) in [6, 6.07) is 7.66. The molecule has 2 amide bonds. The van der Waals surface area contributed by atoms with Crippen LogP contribution in [0.15, 0.2) is 28.7 Å². The second-order valence-electron chi connectivity index (χ2n) is 3.86. The van der Waals surface area contributed by atoms with Gasteiger partial charge in [-0.2, -0.15) is 0 Å². The van der Waals surface area contributed by atoms with Gasteiger partial charge in [0.2, 0.25) is 11.8 Å². The number of amides is 2. The fourth-order valence-corrected chi connectivity index (χ4v) is 2.24. The van der Waals surface area contributed by atoms with Crippen LogP contribution >= 0.6 is 15.9 Å². The number of benzene rings is 1. The van der Waals surface area contributed by atoms with Gasteiger partial charge >= 0.3 is 0 Å². The van der Waals surface area contributed by atoms with Crippen molar-refractivity contribution in [2.45, 2.75) is 25.8 Å². The fourth-order valence-electron chi connectivity index (χ4n) is 1.79. The molecule has 0 N–H and O–H groups in total. The Bertz CT molecular complexity index is 415. The number of halogens is 1. The van der Waals surface area contributed by atoms with Crippen molar-refractivity contribution < 1.29 is 9.59 Å². The summed E-state index contributed by atoms with van der Waals surface area (Å²) in [7, 11) is 0. The lowest BCUT2D eigenvalue weighted by Crippen LogP contribution is -2.39. The minimum Gasteiger partial charge on any atom is -0.278 e.